The second-order valence-electron chi connectivity index (χ2n) is 9.38. The first kappa shape index (κ1) is 26.6. The quantitative estimate of drug-likeness (QED) is 0.165. The molecule has 0 amide bonds. The Labute approximate surface area is 173 Å². The van der Waals surface area contributed by atoms with Gasteiger partial charge in [-0.05, 0) is 30.6 Å². The van der Waals surface area contributed by atoms with Crippen molar-refractivity contribution in [1.82, 2.24) is 0 Å². The molecule has 0 aromatic rings. The van der Waals surface area contributed by atoms with Crippen molar-refractivity contribution in [1.29, 1.82) is 0 Å². The Hall–Kier alpha value is -0.440. The smallest absolute Gasteiger partial charge is 0.00886 e. The SMILES string of the molecule is CCCC#CCCCCCCC(C)CCCCC(C)CCCC(C)CCC. The van der Waals surface area contributed by atoms with Gasteiger partial charge in [0.25, 0.3) is 0 Å². The largest absolute Gasteiger partial charge is 0.103 e. The van der Waals surface area contributed by atoms with Crippen molar-refractivity contribution in [3.63, 3.8) is 0 Å². The molecule has 160 valence electrons. The summed E-state index contributed by atoms with van der Waals surface area (Å²) in [7, 11) is 0. The van der Waals surface area contributed by atoms with Crippen molar-refractivity contribution in [2.75, 3.05) is 0 Å². The first-order valence-corrected chi connectivity index (χ1v) is 12.6. The molecule has 0 aliphatic rings. The van der Waals surface area contributed by atoms with E-state index in [1.54, 1.807) is 0 Å². The molecule has 0 heterocycles. The van der Waals surface area contributed by atoms with Crippen molar-refractivity contribution in [2.24, 2.45) is 17.8 Å². The van der Waals surface area contributed by atoms with Gasteiger partial charge in [0, 0.05) is 12.8 Å². The molecule has 0 aromatic heterocycles. The first-order chi connectivity index (χ1) is 13.1. The average Bonchev–Trinajstić information content (AvgIpc) is 2.64. The maximum Gasteiger partial charge on any atom is 0.00886 e. The fourth-order valence-electron chi connectivity index (χ4n) is 4.09. The van der Waals surface area contributed by atoms with Crippen LogP contribution in [0, 0.1) is 29.6 Å². The van der Waals surface area contributed by atoms with Crippen LogP contribution in [-0.2, 0) is 0 Å². The van der Waals surface area contributed by atoms with Crippen LogP contribution in [0.25, 0.3) is 0 Å². The van der Waals surface area contributed by atoms with Gasteiger partial charge >= 0.3 is 0 Å². The molecule has 0 bridgehead atoms. The van der Waals surface area contributed by atoms with E-state index in [1.807, 2.05) is 0 Å². The normalized spacial score (nSPS) is 14.4. The molecule has 0 saturated carbocycles. The molecule has 0 heteroatoms. The van der Waals surface area contributed by atoms with Gasteiger partial charge in [0.05, 0.1) is 0 Å². The first-order valence-electron chi connectivity index (χ1n) is 12.6. The minimum Gasteiger partial charge on any atom is -0.103 e. The number of hydrogen-bond acceptors (Lipinski definition) is 0. The molecule has 0 saturated heterocycles. The van der Waals surface area contributed by atoms with E-state index in [-0.39, 0.29) is 0 Å². The van der Waals surface area contributed by atoms with Crippen LogP contribution in [0.4, 0.5) is 0 Å². The summed E-state index contributed by atoms with van der Waals surface area (Å²) in [5, 5.41) is 0. The van der Waals surface area contributed by atoms with Crippen LogP contribution in [0.3, 0.4) is 0 Å². The Bertz CT molecular complexity index is 345. The van der Waals surface area contributed by atoms with E-state index in [2.05, 4.69) is 46.5 Å². The maximum absolute atomic E-state index is 3.30. The molecule has 3 unspecified atom stereocenters. The van der Waals surface area contributed by atoms with Gasteiger partial charge in [-0.15, -0.1) is 11.8 Å². The molecule has 0 rings (SSSR count). The Morgan fingerprint density at radius 2 is 0.889 bits per heavy atom. The summed E-state index contributed by atoms with van der Waals surface area (Å²) in [4.78, 5) is 0. The number of rotatable bonds is 18. The fourth-order valence-corrected chi connectivity index (χ4v) is 4.09. The standard InChI is InChI=1S/C27H52/c1-6-8-9-10-11-12-13-14-15-20-26(4)21-16-17-22-27(5)24-18-23-25(3)19-7-2/h25-27H,6-8,11-24H2,1-5H3. The average molecular weight is 377 g/mol. The summed E-state index contributed by atoms with van der Waals surface area (Å²) in [6.45, 7) is 11.9. The molecule has 0 radical (unpaired) electrons. The lowest BCUT2D eigenvalue weighted by Gasteiger charge is -2.15. The van der Waals surface area contributed by atoms with Gasteiger partial charge in [-0.3, -0.25) is 0 Å². The third-order valence-electron chi connectivity index (χ3n) is 6.07. The van der Waals surface area contributed by atoms with Gasteiger partial charge in [-0.1, -0.05) is 118 Å². The summed E-state index contributed by atoms with van der Waals surface area (Å²) in [6.07, 6.45) is 23.3. The van der Waals surface area contributed by atoms with E-state index in [0.29, 0.717) is 0 Å². The summed E-state index contributed by atoms with van der Waals surface area (Å²) in [5.74, 6) is 9.37. The van der Waals surface area contributed by atoms with Crippen LogP contribution in [0.2, 0.25) is 0 Å². The van der Waals surface area contributed by atoms with E-state index in [0.717, 1.165) is 30.6 Å². The van der Waals surface area contributed by atoms with Gasteiger partial charge in [-0.2, -0.15) is 0 Å². The van der Waals surface area contributed by atoms with Crippen LogP contribution >= 0.6 is 0 Å². The lowest BCUT2D eigenvalue weighted by atomic mass is 9.91. The second kappa shape index (κ2) is 20.3. The monoisotopic (exact) mass is 376 g/mol. The zero-order valence-electron chi connectivity index (χ0n) is 19.8. The fraction of sp³-hybridized carbons (Fsp3) is 0.926. The van der Waals surface area contributed by atoms with Gasteiger partial charge in [0.15, 0.2) is 0 Å². The van der Waals surface area contributed by atoms with Crippen molar-refractivity contribution < 1.29 is 0 Å². The minimum absolute atomic E-state index is 0.930. The van der Waals surface area contributed by atoms with Gasteiger partial charge in [0.2, 0.25) is 0 Å². The molecular weight excluding hydrogens is 324 g/mol. The van der Waals surface area contributed by atoms with E-state index in [9.17, 15) is 0 Å². The van der Waals surface area contributed by atoms with Crippen LogP contribution < -0.4 is 0 Å². The van der Waals surface area contributed by atoms with Crippen molar-refractivity contribution in [2.45, 2.75) is 144 Å². The number of unbranched alkanes of at least 4 members (excludes halogenated alkanes) is 6. The second-order valence-corrected chi connectivity index (χ2v) is 9.38. The molecule has 0 aliphatic heterocycles. The molecule has 0 aromatic carbocycles. The predicted molar refractivity (Wildman–Crippen MR) is 125 cm³/mol. The third-order valence-corrected chi connectivity index (χ3v) is 6.07. The van der Waals surface area contributed by atoms with E-state index in [4.69, 9.17) is 0 Å². The summed E-state index contributed by atoms with van der Waals surface area (Å²) in [6, 6.07) is 0. The Balaban J connectivity index is 3.40. The van der Waals surface area contributed by atoms with E-state index in [1.165, 1.54) is 96.3 Å². The van der Waals surface area contributed by atoms with Crippen molar-refractivity contribution >= 4 is 0 Å². The third kappa shape index (κ3) is 20.1. The predicted octanol–water partition coefficient (Wildman–Crippen LogP) is 9.57. The van der Waals surface area contributed by atoms with Gasteiger partial charge < -0.3 is 0 Å². The molecule has 0 nitrogen and oxygen atoms in total. The van der Waals surface area contributed by atoms with E-state index < -0.39 is 0 Å². The number of hydrogen-bond donors (Lipinski definition) is 0. The highest BCUT2D eigenvalue weighted by Gasteiger charge is 2.06. The lowest BCUT2D eigenvalue weighted by Crippen LogP contribution is -2.00. The van der Waals surface area contributed by atoms with Crippen molar-refractivity contribution in [3.05, 3.63) is 0 Å². The highest BCUT2D eigenvalue weighted by atomic mass is 14.1. The summed E-state index contributed by atoms with van der Waals surface area (Å²) < 4.78 is 0. The molecule has 0 N–H and O–H groups in total. The zero-order chi connectivity index (χ0) is 20.2. The highest BCUT2D eigenvalue weighted by Crippen LogP contribution is 2.22. The molecule has 0 spiro atoms. The van der Waals surface area contributed by atoms with E-state index >= 15 is 0 Å². The highest BCUT2D eigenvalue weighted by molar-refractivity contribution is 4.98. The van der Waals surface area contributed by atoms with Gasteiger partial charge in [0.1, 0.15) is 0 Å². The zero-order valence-corrected chi connectivity index (χ0v) is 19.8. The molecular formula is C27H52. The van der Waals surface area contributed by atoms with Crippen LogP contribution in [0.1, 0.15) is 144 Å². The summed E-state index contributed by atoms with van der Waals surface area (Å²) >= 11 is 0. The molecule has 0 fully saturated rings. The van der Waals surface area contributed by atoms with Crippen molar-refractivity contribution in [3.8, 4) is 11.8 Å². The maximum atomic E-state index is 3.30. The molecule has 3 atom stereocenters. The van der Waals surface area contributed by atoms with Gasteiger partial charge in [-0.25, -0.2) is 0 Å². The molecule has 27 heavy (non-hydrogen) atoms. The van der Waals surface area contributed by atoms with Crippen LogP contribution in [0.15, 0.2) is 0 Å². The van der Waals surface area contributed by atoms with Crippen LogP contribution in [0.5, 0.6) is 0 Å². The molecule has 0 aliphatic carbocycles. The Morgan fingerprint density at radius 1 is 0.444 bits per heavy atom. The lowest BCUT2D eigenvalue weighted by molar-refractivity contribution is 0.385. The Morgan fingerprint density at radius 3 is 1.44 bits per heavy atom. The Kier molecular flexibility index (Phi) is 20.0. The topological polar surface area (TPSA) is 0 Å². The summed E-state index contributed by atoms with van der Waals surface area (Å²) in [5.41, 5.74) is 0. The van der Waals surface area contributed by atoms with Crippen LogP contribution in [-0.4, -0.2) is 0 Å². The minimum atomic E-state index is 0.930.